The fraction of sp³-hybridized carbons (Fsp3) is 0.364. The molecule has 5 heteroatoms. The Morgan fingerprint density at radius 1 is 1.26 bits per heavy atom. The second kappa shape index (κ2) is 6.41. The minimum Gasteiger partial charge on any atom is -0.466 e. The second-order valence-corrected chi connectivity index (χ2v) is 7.59. The predicted molar refractivity (Wildman–Crippen MR) is 104 cm³/mol. The number of aryl methyl sites for hydroxylation is 2. The Morgan fingerprint density at radius 3 is 2.85 bits per heavy atom. The molecule has 2 atom stereocenters. The second-order valence-electron chi connectivity index (χ2n) is 7.59. The third kappa shape index (κ3) is 2.87. The lowest BCUT2D eigenvalue weighted by Crippen LogP contribution is -2.61. The summed E-state index contributed by atoms with van der Waals surface area (Å²) in [5.41, 5.74) is 2.53. The van der Waals surface area contributed by atoms with Gasteiger partial charge in [-0.3, -0.25) is 9.59 Å². The van der Waals surface area contributed by atoms with Gasteiger partial charge < -0.3 is 15.0 Å². The number of hydrogen-bond acceptors (Lipinski definition) is 3. The number of carbonyl (C=O) groups is 2. The van der Waals surface area contributed by atoms with Crippen molar-refractivity contribution in [3.63, 3.8) is 0 Å². The van der Waals surface area contributed by atoms with Crippen molar-refractivity contribution in [1.29, 1.82) is 0 Å². The van der Waals surface area contributed by atoms with Crippen LogP contribution in [-0.2, 0) is 16.0 Å². The minimum atomic E-state index is -1.58. The van der Waals surface area contributed by atoms with Gasteiger partial charge in [-0.2, -0.15) is 0 Å². The molecule has 0 spiro atoms. The highest BCUT2D eigenvalue weighted by atomic mass is 16.5. The number of anilines is 1. The molecule has 4 rings (SSSR count). The number of benzene rings is 2. The Bertz CT molecular complexity index is 924. The van der Waals surface area contributed by atoms with Crippen LogP contribution in [0.3, 0.4) is 0 Å². The molecular weight excluding hydrogens is 340 g/mol. The molecule has 0 radical (unpaired) electrons. The van der Waals surface area contributed by atoms with E-state index in [9.17, 15) is 9.59 Å². The third-order valence-corrected chi connectivity index (χ3v) is 5.61. The first kappa shape index (κ1) is 17.6. The number of nitrogens with one attached hydrogen (secondary N) is 1. The molecule has 2 unspecified atom stereocenters. The predicted octanol–water partition coefficient (Wildman–Crippen LogP) is 3.30. The number of nitrogens with zero attached hydrogens (tertiary/aromatic N) is 1. The lowest BCUT2D eigenvalue weighted by Gasteiger charge is -2.39. The maximum atomic E-state index is 13.1. The third-order valence-electron chi connectivity index (χ3n) is 5.61. The van der Waals surface area contributed by atoms with Crippen LogP contribution in [0, 0.1) is 6.92 Å². The molecule has 1 heterocycles. The summed E-state index contributed by atoms with van der Waals surface area (Å²) in [7, 11) is 1.69. The summed E-state index contributed by atoms with van der Waals surface area (Å²) < 4.78 is 5.95. The number of amides is 2. The SMILES string of the molecule is Cc1ccc2c(c1)N(C)C(=O)C(C)(C(=O)NC1CCCc3ccccc31)O2. The van der Waals surface area contributed by atoms with Crippen molar-refractivity contribution in [3.05, 3.63) is 59.2 Å². The van der Waals surface area contributed by atoms with Crippen molar-refractivity contribution < 1.29 is 14.3 Å². The fourth-order valence-electron chi connectivity index (χ4n) is 4.01. The van der Waals surface area contributed by atoms with E-state index in [1.54, 1.807) is 14.0 Å². The van der Waals surface area contributed by atoms with Gasteiger partial charge in [0.1, 0.15) is 5.75 Å². The van der Waals surface area contributed by atoms with Crippen molar-refractivity contribution in [2.24, 2.45) is 0 Å². The molecule has 0 saturated carbocycles. The maximum Gasteiger partial charge on any atom is 0.280 e. The van der Waals surface area contributed by atoms with Gasteiger partial charge in [0.05, 0.1) is 11.7 Å². The standard InChI is InChI=1S/C22H24N2O3/c1-14-11-12-19-18(13-14)24(3)21(26)22(2,27-19)20(25)23-17-10-6-8-15-7-4-5-9-16(15)17/h4-5,7,9,11-13,17H,6,8,10H2,1-3H3,(H,23,25). The smallest absolute Gasteiger partial charge is 0.280 e. The van der Waals surface area contributed by atoms with Crippen LogP contribution in [0.25, 0.3) is 0 Å². The summed E-state index contributed by atoms with van der Waals surface area (Å²) >= 11 is 0. The number of ether oxygens (including phenoxy) is 1. The summed E-state index contributed by atoms with van der Waals surface area (Å²) in [5.74, 6) is -0.209. The van der Waals surface area contributed by atoms with Crippen LogP contribution >= 0.6 is 0 Å². The number of carbonyl (C=O) groups excluding carboxylic acids is 2. The Hall–Kier alpha value is -2.82. The van der Waals surface area contributed by atoms with Crippen LogP contribution in [0.1, 0.15) is 42.5 Å². The van der Waals surface area contributed by atoms with Crippen LogP contribution in [0.2, 0.25) is 0 Å². The van der Waals surface area contributed by atoms with E-state index in [0.29, 0.717) is 11.4 Å². The first-order valence-corrected chi connectivity index (χ1v) is 9.37. The molecule has 2 aromatic rings. The van der Waals surface area contributed by atoms with Crippen molar-refractivity contribution in [3.8, 4) is 5.75 Å². The van der Waals surface area contributed by atoms with Gasteiger partial charge in [0.2, 0.25) is 0 Å². The first-order chi connectivity index (χ1) is 12.9. The molecule has 2 amide bonds. The zero-order chi connectivity index (χ0) is 19.2. The van der Waals surface area contributed by atoms with Gasteiger partial charge in [-0.15, -0.1) is 0 Å². The first-order valence-electron chi connectivity index (χ1n) is 9.37. The number of rotatable bonds is 2. The highest BCUT2D eigenvalue weighted by Gasteiger charge is 2.50. The van der Waals surface area contributed by atoms with Crippen LogP contribution in [-0.4, -0.2) is 24.5 Å². The van der Waals surface area contributed by atoms with E-state index in [1.807, 2.05) is 37.3 Å². The van der Waals surface area contributed by atoms with E-state index in [1.165, 1.54) is 10.5 Å². The Kier molecular flexibility index (Phi) is 4.17. The monoisotopic (exact) mass is 364 g/mol. The molecule has 1 aliphatic heterocycles. The van der Waals surface area contributed by atoms with E-state index in [4.69, 9.17) is 4.74 Å². The highest BCUT2D eigenvalue weighted by Crippen LogP contribution is 2.38. The number of hydrogen-bond donors (Lipinski definition) is 1. The van der Waals surface area contributed by atoms with Crippen LogP contribution in [0.15, 0.2) is 42.5 Å². The normalized spacial score (nSPS) is 23.9. The van der Waals surface area contributed by atoms with E-state index in [0.717, 1.165) is 30.4 Å². The van der Waals surface area contributed by atoms with Crippen molar-refractivity contribution in [1.82, 2.24) is 5.32 Å². The topological polar surface area (TPSA) is 58.6 Å². The summed E-state index contributed by atoms with van der Waals surface area (Å²) in [4.78, 5) is 27.7. The highest BCUT2D eigenvalue weighted by molar-refractivity contribution is 6.16. The van der Waals surface area contributed by atoms with Gasteiger partial charge in [0.25, 0.3) is 17.4 Å². The molecule has 27 heavy (non-hydrogen) atoms. The molecule has 2 aliphatic rings. The summed E-state index contributed by atoms with van der Waals surface area (Å²) in [6, 6.07) is 13.7. The molecule has 0 fully saturated rings. The molecule has 1 aliphatic carbocycles. The zero-order valence-corrected chi connectivity index (χ0v) is 15.9. The molecule has 0 saturated heterocycles. The molecule has 1 N–H and O–H groups in total. The molecule has 5 nitrogen and oxygen atoms in total. The van der Waals surface area contributed by atoms with E-state index in [2.05, 4.69) is 17.4 Å². The van der Waals surface area contributed by atoms with E-state index < -0.39 is 11.5 Å². The largest absolute Gasteiger partial charge is 0.466 e. The molecule has 0 bridgehead atoms. The molecule has 0 aromatic heterocycles. The van der Waals surface area contributed by atoms with Crippen molar-refractivity contribution in [2.75, 3.05) is 11.9 Å². The summed E-state index contributed by atoms with van der Waals surface area (Å²) in [6.07, 6.45) is 2.89. The lowest BCUT2D eigenvalue weighted by atomic mass is 9.87. The maximum absolute atomic E-state index is 13.1. The number of fused-ring (bicyclic) bond motifs is 2. The molecule has 2 aromatic carbocycles. The van der Waals surface area contributed by atoms with E-state index in [-0.39, 0.29) is 11.9 Å². The van der Waals surface area contributed by atoms with Gasteiger partial charge >= 0.3 is 0 Å². The van der Waals surface area contributed by atoms with Crippen LogP contribution in [0.4, 0.5) is 5.69 Å². The quantitative estimate of drug-likeness (QED) is 0.832. The fourth-order valence-corrected chi connectivity index (χ4v) is 4.01. The molecule has 140 valence electrons. The van der Waals surface area contributed by atoms with Crippen molar-refractivity contribution >= 4 is 17.5 Å². The Balaban J connectivity index is 1.62. The summed E-state index contributed by atoms with van der Waals surface area (Å²) in [5, 5.41) is 3.07. The molecular formula is C22H24N2O3. The Labute approximate surface area is 159 Å². The van der Waals surface area contributed by atoms with Crippen LogP contribution < -0.4 is 15.0 Å². The lowest BCUT2D eigenvalue weighted by molar-refractivity contribution is -0.148. The Morgan fingerprint density at radius 2 is 2.04 bits per heavy atom. The van der Waals surface area contributed by atoms with Crippen molar-refractivity contribution in [2.45, 2.75) is 44.8 Å². The number of likely N-dealkylation sites (N-methyl/N-ethyl adjacent to an activating group) is 1. The van der Waals surface area contributed by atoms with Gasteiger partial charge in [0, 0.05) is 7.05 Å². The average Bonchev–Trinajstić information content (AvgIpc) is 2.67. The van der Waals surface area contributed by atoms with Crippen LogP contribution in [0.5, 0.6) is 5.75 Å². The summed E-state index contributed by atoms with van der Waals surface area (Å²) in [6.45, 7) is 3.51. The van der Waals surface area contributed by atoms with Gasteiger partial charge in [-0.1, -0.05) is 30.3 Å². The zero-order valence-electron chi connectivity index (χ0n) is 15.9. The van der Waals surface area contributed by atoms with E-state index >= 15 is 0 Å². The van der Waals surface area contributed by atoms with Gasteiger partial charge in [-0.25, -0.2) is 0 Å². The average molecular weight is 364 g/mol. The van der Waals surface area contributed by atoms with Gasteiger partial charge in [-0.05, 0) is 61.9 Å². The minimum absolute atomic E-state index is 0.0969. The van der Waals surface area contributed by atoms with Gasteiger partial charge in [0.15, 0.2) is 0 Å².